The van der Waals surface area contributed by atoms with Crippen LogP contribution >= 0.6 is 15.9 Å². The molecule has 0 N–H and O–H groups in total. The van der Waals surface area contributed by atoms with Gasteiger partial charge < -0.3 is 24.8 Å². The Kier molecular flexibility index (Phi) is 12.2. The Bertz CT molecular complexity index is 1520. The number of fused-ring (bicyclic) bond motifs is 4. The van der Waals surface area contributed by atoms with E-state index < -0.39 is 0 Å². The number of allylic oxidation sites excluding steroid dienone is 1. The van der Waals surface area contributed by atoms with Gasteiger partial charge in [-0.15, -0.1) is 33.7 Å². The van der Waals surface area contributed by atoms with Crippen molar-refractivity contribution >= 4 is 53.1 Å². The largest absolute Gasteiger partial charge is 3.00 e. The third kappa shape index (κ3) is 5.97. The predicted octanol–water partition coefficient (Wildman–Crippen LogP) is 3.87. The van der Waals surface area contributed by atoms with E-state index in [2.05, 4.69) is 133 Å². The zero-order valence-corrected chi connectivity index (χ0v) is 27.7. The van der Waals surface area contributed by atoms with Gasteiger partial charge in [0.1, 0.15) is 0 Å². The van der Waals surface area contributed by atoms with Crippen molar-refractivity contribution in [2.45, 2.75) is 32.4 Å². The predicted molar refractivity (Wildman–Crippen MR) is 154 cm³/mol. The molecule has 0 saturated heterocycles. The molecule has 5 heteroatoms. The van der Waals surface area contributed by atoms with E-state index in [0.717, 1.165) is 20.4 Å². The van der Waals surface area contributed by atoms with Crippen LogP contribution in [0.3, 0.4) is 0 Å². The summed E-state index contributed by atoms with van der Waals surface area (Å²) in [4.78, 5) is 0. The smallest absolute Gasteiger partial charge is 1.00 e. The Morgan fingerprint density at radius 3 is 2.08 bits per heavy atom. The molecule has 0 fully saturated rings. The fourth-order valence-corrected chi connectivity index (χ4v) is 5.81. The van der Waals surface area contributed by atoms with E-state index in [9.17, 15) is 0 Å². The molecule has 5 aromatic carbocycles. The first-order valence-electron chi connectivity index (χ1n) is 11.9. The normalized spacial score (nSPS) is 13.4. The zero-order chi connectivity index (χ0) is 23.7. The molecule has 0 spiro atoms. The van der Waals surface area contributed by atoms with E-state index in [0.29, 0.717) is 5.92 Å². The van der Waals surface area contributed by atoms with Crippen molar-refractivity contribution in [3.05, 3.63) is 118 Å². The van der Waals surface area contributed by atoms with E-state index in [1.165, 1.54) is 54.9 Å². The monoisotopic (exact) mass is 679 g/mol. The van der Waals surface area contributed by atoms with Crippen molar-refractivity contribution in [3.8, 4) is 11.1 Å². The summed E-state index contributed by atoms with van der Waals surface area (Å²) < 4.78 is 1.14. The molecule has 0 amide bonds. The van der Waals surface area contributed by atoms with E-state index in [1.54, 1.807) is 0 Å². The average molecular weight is 683 g/mol. The van der Waals surface area contributed by atoms with Crippen molar-refractivity contribution < 1.29 is 51.0 Å². The standard InChI is InChI=1S/C30H22Br.C2H6Si.2ClH.Zr/c1-2-19-17-27-23(24-11-5-6-16-29(24)31)13-8-15-25(27)30(19)26-14-7-12-22-21-10-4-3-9-20(21)18-28(22)26;1-3-2;;;/h3-18,30H,2H2,1H3;1-2H3;2*1H;/q-1;;;;+3/p-2. The number of rotatable bonds is 3. The SMILES string of the molecule is CCC1=Cc2c(-c3ccccc3Br)cccc2C1c1cccc2c1[cH-]c1ccccc12.C[Si]C.[Cl-].[Cl-].[Zr+3]. The molecule has 0 saturated carbocycles. The van der Waals surface area contributed by atoms with Gasteiger partial charge in [0.25, 0.3) is 0 Å². The second kappa shape index (κ2) is 14.2. The van der Waals surface area contributed by atoms with Crippen LogP contribution in [0.15, 0.2) is 101 Å². The van der Waals surface area contributed by atoms with Crippen molar-refractivity contribution in [1.29, 1.82) is 0 Å². The summed E-state index contributed by atoms with van der Waals surface area (Å²) in [6.45, 7) is 6.59. The number of halogens is 3. The third-order valence-electron chi connectivity index (χ3n) is 6.73. The molecular weight excluding hydrogens is 654 g/mol. The van der Waals surface area contributed by atoms with Crippen LogP contribution in [-0.2, 0) is 26.2 Å². The van der Waals surface area contributed by atoms with Gasteiger partial charge in [-0.3, -0.25) is 0 Å². The average Bonchev–Trinajstić information content (AvgIpc) is 3.43. The van der Waals surface area contributed by atoms with E-state index in [1.807, 2.05) is 0 Å². The maximum Gasteiger partial charge on any atom is 3.00 e. The van der Waals surface area contributed by atoms with Gasteiger partial charge in [-0.05, 0) is 34.7 Å². The summed E-state index contributed by atoms with van der Waals surface area (Å²) in [5.41, 5.74) is 8.26. The van der Waals surface area contributed by atoms with E-state index >= 15 is 0 Å². The van der Waals surface area contributed by atoms with Crippen LogP contribution < -0.4 is 24.8 Å². The minimum atomic E-state index is 0. The first-order chi connectivity index (χ1) is 16.7. The minimum Gasteiger partial charge on any atom is -1.00 e. The fourth-order valence-electron chi connectivity index (χ4n) is 5.31. The van der Waals surface area contributed by atoms with Gasteiger partial charge >= 0.3 is 26.2 Å². The molecule has 5 aromatic rings. The molecule has 0 aromatic heterocycles. The Hall–Kier alpha value is -1.35. The Morgan fingerprint density at radius 1 is 0.757 bits per heavy atom. The molecule has 3 radical (unpaired) electrons. The Morgan fingerprint density at radius 2 is 1.35 bits per heavy atom. The van der Waals surface area contributed by atoms with Crippen LogP contribution in [0.5, 0.6) is 0 Å². The third-order valence-corrected chi connectivity index (χ3v) is 7.42. The maximum absolute atomic E-state index is 3.76. The van der Waals surface area contributed by atoms with Gasteiger partial charge in [0, 0.05) is 19.9 Å². The zero-order valence-electron chi connectivity index (χ0n) is 21.2. The quantitative estimate of drug-likeness (QED) is 0.201. The first kappa shape index (κ1) is 31.9. The molecule has 1 unspecified atom stereocenters. The molecular formula is C32H28BrCl2SiZr. The van der Waals surface area contributed by atoms with Crippen molar-refractivity contribution in [2.24, 2.45) is 0 Å². The molecule has 1 atom stereocenters. The molecule has 0 heterocycles. The van der Waals surface area contributed by atoms with Gasteiger partial charge in [-0.25, -0.2) is 0 Å². The van der Waals surface area contributed by atoms with Crippen molar-refractivity contribution in [3.63, 3.8) is 0 Å². The number of hydrogen-bond acceptors (Lipinski definition) is 0. The molecule has 1 aliphatic rings. The van der Waals surface area contributed by atoms with Crippen LogP contribution in [0.1, 0.15) is 36.0 Å². The molecule has 0 nitrogen and oxygen atoms in total. The van der Waals surface area contributed by atoms with Crippen molar-refractivity contribution in [1.82, 2.24) is 0 Å². The van der Waals surface area contributed by atoms with Crippen LogP contribution in [0, 0.1) is 0 Å². The van der Waals surface area contributed by atoms with Crippen LogP contribution in [0.4, 0.5) is 0 Å². The van der Waals surface area contributed by atoms with Gasteiger partial charge in [0.2, 0.25) is 0 Å². The van der Waals surface area contributed by atoms with Gasteiger partial charge in [-0.2, -0.15) is 0 Å². The summed E-state index contributed by atoms with van der Waals surface area (Å²) in [6.07, 6.45) is 3.49. The van der Waals surface area contributed by atoms with Crippen LogP contribution in [0.25, 0.3) is 38.7 Å². The second-order valence-corrected chi connectivity index (χ2v) is 10.7. The molecule has 37 heavy (non-hydrogen) atoms. The molecule has 6 rings (SSSR count). The van der Waals surface area contributed by atoms with Gasteiger partial charge in [-0.1, -0.05) is 126 Å². The van der Waals surface area contributed by atoms with Crippen molar-refractivity contribution in [2.75, 3.05) is 0 Å². The minimum absolute atomic E-state index is 0. The summed E-state index contributed by atoms with van der Waals surface area (Å²) in [6, 6.07) is 33.3. The van der Waals surface area contributed by atoms with Gasteiger partial charge in [0.05, 0.1) is 0 Å². The summed E-state index contributed by atoms with van der Waals surface area (Å²) >= 11 is 3.76. The van der Waals surface area contributed by atoms with Gasteiger partial charge in [0.15, 0.2) is 0 Å². The first-order valence-corrected chi connectivity index (χ1v) is 14.7. The summed E-state index contributed by atoms with van der Waals surface area (Å²) in [7, 11) is 1.08. The Labute approximate surface area is 263 Å². The molecule has 185 valence electrons. The van der Waals surface area contributed by atoms with Crippen LogP contribution in [-0.4, -0.2) is 9.52 Å². The van der Waals surface area contributed by atoms with Crippen LogP contribution in [0.2, 0.25) is 13.1 Å². The number of benzene rings is 4. The van der Waals surface area contributed by atoms with E-state index in [4.69, 9.17) is 0 Å². The number of hydrogen-bond donors (Lipinski definition) is 0. The molecule has 0 aliphatic heterocycles. The fraction of sp³-hybridized carbons (Fsp3) is 0.156. The topological polar surface area (TPSA) is 0 Å². The summed E-state index contributed by atoms with van der Waals surface area (Å²) in [5.74, 6) is 0.308. The van der Waals surface area contributed by atoms with E-state index in [-0.39, 0.29) is 51.0 Å². The second-order valence-electron chi connectivity index (χ2n) is 8.83. The summed E-state index contributed by atoms with van der Waals surface area (Å²) in [5, 5.41) is 5.42. The molecule has 0 bridgehead atoms. The Balaban J connectivity index is 0.000000767. The maximum atomic E-state index is 3.76. The molecule has 1 aliphatic carbocycles.